The Hall–Kier alpha value is -4.06. The smallest absolute Gasteiger partial charge is 0.202 e. The predicted octanol–water partition coefficient (Wildman–Crippen LogP) is 7.13. The maximum absolute atomic E-state index is 11.1. The highest BCUT2D eigenvalue weighted by Gasteiger charge is 2.56. The average Bonchev–Trinajstić information content (AvgIpc) is 3.27. The lowest BCUT2D eigenvalue weighted by molar-refractivity contribution is 0.0426. The maximum atomic E-state index is 11.1. The standard InChI is InChI=1S/C35H34BNO4/c1-19-14-21-16-20(2)35(22(15-19)17-21)27-11-7-6-10-25(27)26-18-24(12-13-28(26)35)37(23-8-4-3-5-9-23)30-31(38)29(36)32(39)34(41)33(30)40/h3-13,18-22,38-41H,14-17H2,1-2H3. The molecule has 2 radical (unpaired) electrons. The lowest BCUT2D eigenvalue weighted by Crippen LogP contribution is -2.49. The second-order valence-electron chi connectivity index (χ2n) is 12.5. The topological polar surface area (TPSA) is 84.2 Å². The van der Waals surface area contributed by atoms with Gasteiger partial charge < -0.3 is 25.3 Å². The first-order valence-corrected chi connectivity index (χ1v) is 14.6. The fourth-order valence-corrected chi connectivity index (χ4v) is 8.75. The van der Waals surface area contributed by atoms with Gasteiger partial charge in [0.1, 0.15) is 19.3 Å². The Bertz CT molecular complexity index is 1640. The van der Waals surface area contributed by atoms with Gasteiger partial charge in [0.05, 0.1) is 0 Å². The van der Waals surface area contributed by atoms with E-state index in [4.69, 9.17) is 7.85 Å². The van der Waals surface area contributed by atoms with Gasteiger partial charge in [-0.3, -0.25) is 0 Å². The molecular weight excluding hydrogens is 509 g/mol. The van der Waals surface area contributed by atoms with Crippen molar-refractivity contribution in [3.63, 3.8) is 0 Å². The molecule has 3 aliphatic carbocycles. The van der Waals surface area contributed by atoms with Crippen molar-refractivity contribution in [3.05, 3.63) is 83.9 Å². The van der Waals surface area contributed by atoms with Crippen molar-refractivity contribution < 1.29 is 20.4 Å². The molecule has 1 spiro atoms. The van der Waals surface area contributed by atoms with E-state index in [0.717, 1.165) is 11.5 Å². The van der Waals surface area contributed by atoms with Gasteiger partial charge in [-0.2, -0.15) is 0 Å². The quantitative estimate of drug-likeness (QED) is 0.126. The number of phenols is 4. The molecular formula is C35H34BNO4. The minimum atomic E-state index is -0.779. The van der Waals surface area contributed by atoms with E-state index in [1.54, 1.807) is 4.90 Å². The van der Waals surface area contributed by atoms with Gasteiger partial charge in [0.2, 0.25) is 5.75 Å². The van der Waals surface area contributed by atoms with Crippen molar-refractivity contribution in [1.82, 2.24) is 0 Å². The van der Waals surface area contributed by atoms with Crippen molar-refractivity contribution in [2.45, 2.75) is 44.9 Å². The summed E-state index contributed by atoms with van der Waals surface area (Å²) in [6.45, 7) is 4.84. The largest absolute Gasteiger partial charge is 0.506 e. The Balaban J connectivity index is 1.47. The van der Waals surface area contributed by atoms with E-state index in [9.17, 15) is 20.4 Å². The highest BCUT2D eigenvalue weighted by atomic mass is 16.3. The summed E-state index contributed by atoms with van der Waals surface area (Å²) in [6.07, 6.45) is 5.03. The van der Waals surface area contributed by atoms with Crippen LogP contribution in [0.2, 0.25) is 0 Å². The number of hydrogen-bond acceptors (Lipinski definition) is 5. The number of aromatic hydroxyl groups is 4. The Morgan fingerprint density at radius 2 is 1.39 bits per heavy atom. The zero-order valence-corrected chi connectivity index (χ0v) is 23.4. The molecule has 206 valence electrons. The number of rotatable bonds is 3. The molecule has 0 heterocycles. The van der Waals surface area contributed by atoms with E-state index in [1.165, 1.54) is 42.4 Å². The zero-order valence-electron chi connectivity index (χ0n) is 23.4. The summed E-state index contributed by atoms with van der Waals surface area (Å²) in [5.74, 6) is -0.135. The van der Waals surface area contributed by atoms with Gasteiger partial charge in [-0.15, -0.1) is 0 Å². The van der Waals surface area contributed by atoms with Gasteiger partial charge in [-0.25, -0.2) is 0 Å². The van der Waals surface area contributed by atoms with Crippen LogP contribution in [0.1, 0.15) is 50.7 Å². The highest BCUT2D eigenvalue weighted by Crippen LogP contribution is 2.65. The SMILES string of the molecule is [B]c1c(O)c(O)c(O)c(N(c2ccccc2)c2ccc3c(c2)-c2ccccc2C32C(C)CC3CC(C)CC2C3)c1O. The molecule has 0 saturated heterocycles. The number of phenolic OH excluding ortho intramolecular Hbond substituents is 4. The van der Waals surface area contributed by atoms with Crippen LogP contribution in [0.25, 0.3) is 11.1 Å². The monoisotopic (exact) mass is 543 g/mol. The first-order valence-electron chi connectivity index (χ1n) is 14.6. The third-order valence-corrected chi connectivity index (χ3v) is 10.2. The number of anilines is 3. The first-order chi connectivity index (χ1) is 19.7. The predicted molar refractivity (Wildman–Crippen MR) is 163 cm³/mol. The number of para-hydroxylation sites is 1. The second kappa shape index (κ2) is 9.23. The first kappa shape index (κ1) is 25.9. The van der Waals surface area contributed by atoms with Crippen molar-refractivity contribution in [2.24, 2.45) is 23.7 Å². The van der Waals surface area contributed by atoms with Crippen molar-refractivity contribution in [3.8, 4) is 34.1 Å². The molecule has 2 saturated carbocycles. The molecule has 3 aliphatic rings. The molecule has 5 unspecified atom stereocenters. The van der Waals surface area contributed by atoms with Gasteiger partial charge in [0.15, 0.2) is 11.5 Å². The highest BCUT2D eigenvalue weighted by molar-refractivity contribution is 6.37. The molecule has 4 aromatic carbocycles. The Kier molecular flexibility index (Phi) is 5.83. The van der Waals surface area contributed by atoms with Crippen molar-refractivity contribution in [2.75, 3.05) is 4.90 Å². The van der Waals surface area contributed by atoms with E-state index in [2.05, 4.69) is 50.2 Å². The summed E-state index contributed by atoms with van der Waals surface area (Å²) < 4.78 is 0. The van der Waals surface area contributed by atoms with Crippen LogP contribution >= 0.6 is 0 Å². The molecule has 0 amide bonds. The van der Waals surface area contributed by atoms with E-state index < -0.39 is 28.5 Å². The lowest BCUT2D eigenvalue weighted by Gasteiger charge is -2.54. The molecule has 0 aliphatic heterocycles. The van der Waals surface area contributed by atoms with E-state index in [0.29, 0.717) is 29.1 Å². The van der Waals surface area contributed by atoms with E-state index in [-0.39, 0.29) is 11.1 Å². The summed E-state index contributed by atoms with van der Waals surface area (Å²) in [4.78, 5) is 1.68. The summed E-state index contributed by atoms with van der Waals surface area (Å²) in [5.41, 5.74) is 5.91. The van der Waals surface area contributed by atoms with Crippen LogP contribution < -0.4 is 10.4 Å². The summed E-state index contributed by atoms with van der Waals surface area (Å²) >= 11 is 0. The normalized spacial score (nSPS) is 26.0. The van der Waals surface area contributed by atoms with Crippen LogP contribution in [-0.2, 0) is 5.41 Å². The minimum absolute atomic E-state index is 0.0568. The van der Waals surface area contributed by atoms with Gasteiger partial charge in [-0.1, -0.05) is 62.4 Å². The van der Waals surface area contributed by atoms with Gasteiger partial charge >= 0.3 is 0 Å². The van der Waals surface area contributed by atoms with Crippen molar-refractivity contribution >= 4 is 30.4 Å². The summed E-state index contributed by atoms with van der Waals surface area (Å²) in [5, 5.41) is 42.8. The number of hydrogen-bond donors (Lipinski definition) is 4. The molecule has 2 bridgehead atoms. The molecule has 5 nitrogen and oxygen atoms in total. The van der Waals surface area contributed by atoms with Gasteiger partial charge in [-0.05, 0) is 101 Å². The number of benzene rings is 4. The molecule has 6 heteroatoms. The summed E-state index contributed by atoms with van der Waals surface area (Å²) in [7, 11) is 5.97. The average molecular weight is 543 g/mol. The van der Waals surface area contributed by atoms with Crippen LogP contribution in [0.15, 0.2) is 72.8 Å². The van der Waals surface area contributed by atoms with Crippen LogP contribution in [0.5, 0.6) is 23.0 Å². The molecule has 0 aromatic heterocycles. The molecule has 4 N–H and O–H groups in total. The Labute approximate surface area is 242 Å². The van der Waals surface area contributed by atoms with Gasteiger partial charge in [0, 0.05) is 16.8 Å². The fourth-order valence-electron chi connectivity index (χ4n) is 8.75. The lowest BCUT2D eigenvalue weighted by atomic mass is 9.49. The van der Waals surface area contributed by atoms with E-state index in [1.807, 2.05) is 36.4 Å². The minimum Gasteiger partial charge on any atom is -0.506 e. The third-order valence-electron chi connectivity index (χ3n) is 10.2. The van der Waals surface area contributed by atoms with Gasteiger partial charge in [0.25, 0.3) is 0 Å². The van der Waals surface area contributed by atoms with Crippen molar-refractivity contribution in [1.29, 1.82) is 0 Å². The third kappa shape index (κ3) is 3.55. The number of fused-ring (bicyclic) bond motifs is 8. The molecule has 41 heavy (non-hydrogen) atoms. The Morgan fingerprint density at radius 3 is 2.17 bits per heavy atom. The summed E-state index contributed by atoms with van der Waals surface area (Å²) in [6, 6.07) is 24.5. The van der Waals surface area contributed by atoms with Crippen LogP contribution in [0, 0.1) is 23.7 Å². The van der Waals surface area contributed by atoms with Crippen LogP contribution in [0.4, 0.5) is 17.1 Å². The molecule has 5 atom stereocenters. The van der Waals surface area contributed by atoms with E-state index >= 15 is 0 Å². The molecule has 2 fully saturated rings. The van der Waals surface area contributed by atoms with Crippen LogP contribution in [-0.4, -0.2) is 28.3 Å². The molecule has 7 rings (SSSR count). The fraction of sp³-hybridized carbons (Fsp3) is 0.314. The molecule has 4 aromatic rings. The second-order valence-corrected chi connectivity index (χ2v) is 12.5. The van der Waals surface area contributed by atoms with Crippen LogP contribution in [0.3, 0.4) is 0 Å². The number of nitrogens with zero attached hydrogens (tertiary/aromatic N) is 1. The maximum Gasteiger partial charge on any atom is 0.202 e. The Morgan fingerprint density at radius 1 is 0.683 bits per heavy atom. The zero-order chi connectivity index (χ0) is 28.6.